The van der Waals surface area contributed by atoms with Gasteiger partial charge in [0.15, 0.2) is 0 Å². The molecule has 0 bridgehead atoms. The van der Waals surface area contributed by atoms with Gasteiger partial charge in [-0.1, -0.05) is 25.6 Å². The highest BCUT2D eigenvalue weighted by Crippen LogP contribution is 2.49. The molecule has 0 amide bonds. The molecule has 0 aromatic heterocycles. The SMILES string of the molecule is CCc1cc(N(C)C)cc2c1Nc1c(CC)cc(N3CCCNCC3)cc1S2.O=C(O)C(F)(F)F. The van der Waals surface area contributed by atoms with E-state index in [0.29, 0.717) is 0 Å². The number of alkyl halides is 3. The number of benzene rings is 2. The molecule has 3 N–H and O–H groups in total. The highest BCUT2D eigenvalue weighted by Gasteiger charge is 2.38. The van der Waals surface area contributed by atoms with E-state index in [-0.39, 0.29) is 0 Å². The fourth-order valence-electron chi connectivity index (χ4n) is 4.10. The van der Waals surface area contributed by atoms with Crippen LogP contribution < -0.4 is 20.4 Å². The maximum atomic E-state index is 10.6. The van der Waals surface area contributed by atoms with Crippen molar-refractivity contribution in [3.63, 3.8) is 0 Å². The number of aryl methyl sites for hydroxylation is 2. The van der Waals surface area contributed by atoms with E-state index in [4.69, 9.17) is 9.90 Å². The zero-order chi connectivity index (χ0) is 25.8. The minimum atomic E-state index is -5.08. The minimum Gasteiger partial charge on any atom is -0.475 e. The predicted octanol–water partition coefficient (Wildman–Crippen LogP) is 5.52. The zero-order valence-electron chi connectivity index (χ0n) is 20.6. The summed E-state index contributed by atoms with van der Waals surface area (Å²) in [5.74, 6) is -2.76. The molecule has 0 saturated carbocycles. The van der Waals surface area contributed by atoms with Crippen molar-refractivity contribution >= 4 is 40.5 Å². The number of nitrogens with one attached hydrogen (secondary N) is 2. The Labute approximate surface area is 208 Å². The monoisotopic (exact) mass is 510 g/mol. The number of carboxylic acid groups (broad SMARTS) is 1. The molecule has 192 valence electrons. The second-order valence-corrected chi connectivity index (χ2v) is 9.76. The summed E-state index contributed by atoms with van der Waals surface area (Å²) < 4.78 is 31.7. The first kappa shape index (κ1) is 27.0. The number of carbonyl (C=O) groups is 1. The Morgan fingerprint density at radius 1 is 1.03 bits per heavy atom. The van der Waals surface area contributed by atoms with Crippen LogP contribution in [0.1, 0.15) is 31.4 Å². The second-order valence-electron chi connectivity index (χ2n) is 8.68. The lowest BCUT2D eigenvalue weighted by Crippen LogP contribution is -2.28. The van der Waals surface area contributed by atoms with E-state index in [2.05, 4.69) is 72.6 Å². The van der Waals surface area contributed by atoms with Crippen LogP contribution in [0.4, 0.5) is 35.9 Å². The normalized spacial score (nSPS) is 15.1. The van der Waals surface area contributed by atoms with Gasteiger partial charge in [0.05, 0.1) is 11.4 Å². The Bertz CT molecular complexity index is 1050. The van der Waals surface area contributed by atoms with Gasteiger partial charge >= 0.3 is 12.1 Å². The molecule has 35 heavy (non-hydrogen) atoms. The standard InChI is InChI=1S/C23H32N4S.C2HF3O2/c1-5-16-12-18(26(3)4)14-20-22(16)25-23-17(6-2)13-19(15-21(23)28-20)27-10-7-8-24-9-11-27;3-2(4,5)1(6)7/h12-15,24-25H,5-11H2,1-4H3;(H,6,7). The molecule has 2 aliphatic rings. The van der Waals surface area contributed by atoms with Gasteiger partial charge in [0.1, 0.15) is 0 Å². The molecule has 0 atom stereocenters. The molecular weight excluding hydrogens is 477 g/mol. The summed E-state index contributed by atoms with van der Waals surface area (Å²) in [5, 5.41) is 14.5. The van der Waals surface area contributed by atoms with Gasteiger partial charge in [-0.3, -0.25) is 0 Å². The lowest BCUT2D eigenvalue weighted by Gasteiger charge is -2.30. The van der Waals surface area contributed by atoms with E-state index in [1.165, 1.54) is 50.1 Å². The van der Waals surface area contributed by atoms with Crippen molar-refractivity contribution in [2.75, 3.05) is 55.4 Å². The summed E-state index contributed by atoms with van der Waals surface area (Å²) in [7, 11) is 4.24. The Balaban J connectivity index is 0.000000429. The first-order valence-electron chi connectivity index (χ1n) is 11.8. The average molecular weight is 511 g/mol. The third-order valence-electron chi connectivity index (χ3n) is 6.03. The number of rotatable bonds is 4. The molecule has 0 spiro atoms. The molecule has 10 heteroatoms. The summed E-state index contributed by atoms with van der Waals surface area (Å²) >= 11 is 1.93. The van der Waals surface area contributed by atoms with Crippen LogP contribution in [0, 0.1) is 0 Å². The average Bonchev–Trinajstić information content (AvgIpc) is 3.10. The summed E-state index contributed by atoms with van der Waals surface area (Å²) in [6, 6.07) is 9.45. The minimum absolute atomic E-state index is 1.03. The van der Waals surface area contributed by atoms with Crippen LogP contribution in [0.25, 0.3) is 0 Å². The van der Waals surface area contributed by atoms with Crippen molar-refractivity contribution in [1.82, 2.24) is 5.32 Å². The van der Waals surface area contributed by atoms with Gasteiger partial charge in [0.2, 0.25) is 0 Å². The van der Waals surface area contributed by atoms with Crippen LogP contribution in [0.5, 0.6) is 0 Å². The van der Waals surface area contributed by atoms with Crippen molar-refractivity contribution < 1.29 is 23.1 Å². The smallest absolute Gasteiger partial charge is 0.475 e. The molecule has 2 aromatic rings. The number of halogens is 3. The Kier molecular flexibility index (Phi) is 8.82. The van der Waals surface area contributed by atoms with Crippen molar-refractivity contribution in [3.05, 3.63) is 35.4 Å². The number of aliphatic carboxylic acids is 1. The topological polar surface area (TPSA) is 67.8 Å². The molecule has 2 aromatic carbocycles. The summed E-state index contributed by atoms with van der Waals surface area (Å²) in [6.07, 6.45) is -1.80. The largest absolute Gasteiger partial charge is 0.490 e. The third-order valence-corrected chi connectivity index (χ3v) is 7.12. The molecule has 6 nitrogen and oxygen atoms in total. The number of carboxylic acids is 1. The number of nitrogens with zero attached hydrogens (tertiary/aromatic N) is 2. The fourth-order valence-corrected chi connectivity index (χ4v) is 5.27. The van der Waals surface area contributed by atoms with Gasteiger partial charge in [-0.15, -0.1) is 0 Å². The van der Waals surface area contributed by atoms with Crippen LogP contribution >= 0.6 is 11.8 Å². The molecule has 1 fully saturated rings. The number of anilines is 4. The highest BCUT2D eigenvalue weighted by atomic mass is 32.2. The first-order chi connectivity index (χ1) is 16.5. The van der Waals surface area contributed by atoms with Crippen molar-refractivity contribution in [2.24, 2.45) is 0 Å². The van der Waals surface area contributed by atoms with E-state index in [0.717, 1.165) is 39.0 Å². The molecular formula is C25H33F3N4O2S. The third kappa shape index (κ3) is 6.55. The van der Waals surface area contributed by atoms with Gasteiger partial charge in [-0.05, 0) is 61.2 Å². The molecule has 0 unspecified atom stereocenters. The van der Waals surface area contributed by atoms with E-state index < -0.39 is 12.1 Å². The van der Waals surface area contributed by atoms with Crippen molar-refractivity contribution in [2.45, 2.75) is 49.1 Å². The maximum absolute atomic E-state index is 10.6. The van der Waals surface area contributed by atoms with Crippen LogP contribution in [0.15, 0.2) is 34.1 Å². The van der Waals surface area contributed by atoms with Gasteiger partial charge in [-0.25, -0.2) is 4.79 Å². The van der Waals surface area contributed by atoms with Crippen LogP contribution in [0.3, 0.4) is 0 Å². The van der Waals surface area contributed by atoms with Crippen molar-refractivity contribution in [3.8, 4) is 0 Å². The summed E-state index contributed by atoms with van der Waals surface area (Å²) in [5.41, 5.74) is 8.07. The second kappa shape index (κ2) is 11.4. The molecule has 0 radical (unpaired) electrons. The van der Waals surface area contributed by atoms with E-state index in [1.54, 1.807) is 0 Å². The van der Waals surface area contributed by atoms with Crippen LogP contribution in [-0.2, 0) is 17.6 Å². The number of hydrogen-bond acceptors (Lipinski definition) is 6. The molecule has 4 rings (SSSR count). The van der Waals surface area contributed by atoms with E-state index in [1.807, 2.05) is 11.8 Å². The van der Waals surface area contributed by atoms with E-state index >= 15 is 0 Å². The lowest BCUT2D eigenvalue weighted by atomic mass is 10.0. The number of fused-ring (bicyclic) bond motifs is 2. The van der Waals surface area contributed by atoms with Gasteiger partial charge < -0.3 is 25.5 Å². The van der Waals surface area contributed by atoms with Gasteiger partial charge in [-0.2, -0.15) is 13.2 Å². The summed E-state index contributed by atoms with van der Waals surface area (Å²) in [4.78, 5) is 16.3. The van der Waals surface area contributed by atoms with Gasteiger partial charge in [0, 0.05) is 54.9 Å². The highest BCUT2D eigenvalue weighted by molar-refractivity contribution is 7.99. The lowest BCUT2D eigenvalue weighted by molar-refractivity contribution is -0.192. The van der Waals surface area contributed by atoms with E-state index in [9.17, 15) is 13.2 Å². The number of hydrogen-bond donors (Lipinski definition) is 3. The molecule has 2 heterocycles. The van der Waals surface area contributed by atoms with Crippen molar-refractivity contribution in [1.29, 1.82) is 0 Å². The Hall–Kier alpha value is -2.59. The summed E-state index contributed by atoms with van der Waals surface area (Å²) in [6.45, 7) is 8.92. The van der Waals surface area contributed by atoms with Crippen LogP contribution in [0.2, 0.25) is 0 Å². The predicted molar refractivity (Wildman–Crippen MR) is 137 cm³/mol. The molecule has 1 saturated heterocycles. The van der Waals surface area contributed by atoms with Gasteiger partial charge in [0.25, 0.3) is 0 Å². The quantitative estimate of drug-likeness (QED) is 0.427. The molecule has 0 aliphatic carbocycles. The van der Waals surface area contributed by atoms with Crippen LogP contribution in [-0.4, -0.2) is 57.5 Å². The fraction of sp³-hybridized carbons (Fsp3) is 0.480. The molecule has 2 aliphatic heterocycles. The Morgan fingerprint density at radius 2 is 1.63 bits per heavy atom. The Morgan fingerprint density at radius 3 is 2.20 bits per heavy atom. The first-order valence-corrected chi connectivity index (χ1v) is 12.6. The maximum Gasteiger partial charge on any atom is 0.490 e. The zero-order valence-corrected chi connectivity index (χ0v) is 21.4.